The van der Waals surface area contributed by atoms with Crippen LogP contribution < -0.4 is 5.32 Å². The minimum atomic E-state index is -1.02. The average Bonchev–Trinajstić information content (AvgIpc) is 2.27. The first kappa shape index (κ1) is 17.7. The lowest BCUT2D eigenvalue weighted by Crippen LogP contribution is -2.45. The molecule has 19 heavy (non-hydrogen) atoms. The first-order valence-corrected chi connectivity index (χ1v) is 6.36. The van der Waals surface area contributed by atoms with Gasteiger partial charge in [-0.1, -0.05) is 6.92 Å². The number of nitrogens with one attached hydrogen (secondary N) is 1. The topological polar surface area (TPSA) is 84.9 Å². The molecule has 0 saturated carbocycles. The van der Waals surface area contributed by atoms with E-state index in [-0.39, 0.29) is 6.54 Å². The van der Waals surface area contributed by atoms with Crippen molar-refractivity contribution in [3.05, 3.63) is 0 Å². The molecule has 0 heterocycles. The van der Waals surface area contributed by atoms with Crippen molar-refractivity contribution in [3.8, 4) is 0 Å². The Labute approximate surface area is 114 Å². The fourth-order valence-corrected chi connectivity index (χ4v) is 1.58. The van der Waals surface area contributed by atoms with E-state index >= 15 is 0 Å². The van der Waals surface area contributed by atoms with Gasteiger partial charge in [-0.15, -0.1) is 0 Å². The summed E-state index contributed by atoms with van der Waals surface area (Å²) in [6, 6.07) is 0. The van der Waals surface area contributed by atoms with Gasteiger partial charge in [0.05, 0.1) is 5.41 Å². The summed E-state index contributed by atoms with van der Waals surface area (Å²) in [5.74, 6) is -0.942. The Hall–Kier alpha value is -1.30. The number of amides is 1. The Bertz CT molecular complexity index is 311. The van der Waals surface area contributed by atoms with E-state index in [4.69, 9.17) is 9.47 Å². The molecule has 2 N–H and O–H groups in total. The number of carboxylic acids is 1. The minimum Gasteiger partial charge on any atom is -0.481 e. The number of rotatable bonds is 7. The van der Waals surface area contributed by atoms with Crippen LogP contribution in [0.1, 0.15) is 40.5 Å². The fraction of sp³-hybridized carbons (Fsp3) is 0.846. The summed E-state index contributed by atoms with van der Waals surface area (Å²) >= 11 is 0. The van der Waals surface area contributed by atoms with Gasteiger partial charge in [-0.3, -0.25) is 4.79 Å². The molecule has 0 radical (unpaired) electrons. The van der Waals surface area contributed by atoms with Crippen LogP contribution >= 0.6 is 0 Å². The predicted molar refractivity (Wildman–Crippen MR) is 71.1 cm³/mol. The Morgan fingerprint density at radius 3 is 2.21 bits per heavy atom. The molecular weight excluding hydrogens is 250 g/mol. The van der Waals surface area contributed by atoms with E-state index in [1.807, 2.05) is 0 Å². The molecule has 0 aromatic carbocycles. The van der Waals surface area contributed by atoms with Crippen molar-refractivity contribution in [1.82, 2.24) is 5.32 Å². The fourth-order valence-electron chi connectivity index (χ4n) is 1.58. The van der Waals surface area contributed by atoms with Crippen LogP contribution in [0.25, 0.3) is 0 Å². The lowest BCUT2D eigenvalue weighted by molar-refractivity contribution is -0.150. The van der Waals surface area contributed by atoms with Crippen LogP contribution in [0.3, 0.4) is 0 Å². The van der Waals surface area contributed by atoms with Crippen molar-refractivity contribution < 1.29 is 24.2 Å². The van der Waals surface area contributed by atoms with Crippen LogP contribution in [0.5, 0.6) is 0 Å². The molecule has 0 bridgehead atoms. The summed E-state index contributed by atoms with van der Waals surface area (Å²) in [7, 11) is 1.52. The van der Waals surface area contributed by atoms with Gasteiger partial charge in [0.1, 0.15) is 5.60 Å². The van der Waals surface area contributed by atoms with Crippen molar-refractivity contribution in [1.29, 1.82) is 0 Å². The molecule has 0 saturated heterocycles. The second-order valence-electron chi connectivity index (χ2n) is 5.54. The van der Waals surface area contributed by atoms with E-state index in [1.54, 1.807) is 27.7 Å². The van der Waals surface area contributed by atoms with E-state index in [0.717, 1.165) is 0 Å². The van der Waals surface area contributed by atoms with Crippen molar-refractivity contribution in [2.75, 3.05) is 20.3 Å². The molecule has 6 nitrogen and oxygen atoms in total. The van der Waals surface area contributed by atoms with Crippen LogP contribution in [-0.2, 0) is 14.3 Å². The van der Waals surface area contributed by atoms with Crippen LogP contribution in [0.15, 0.2) is 0 Å². The van der Waals surface area contributed by atoms with Gasteiger partial charge in [0.2, 0.25) is 0 Å². The van der Waals surface area contributed by atoms with Gasteiger partial charge in [-0.2, -0.15) is 0 Å². The maximum atomic E-state index is 11.6. The Kier molecular flexibility index (Phi) is 6.83. The number of ether oxygens (including phenoxy) is 2. The van der Waals surface area contributed by atoms with Crippen LogP contribution in [0, 0.1) is 5.41 Å². The molecule has 0 aliphatic carbocycles. The summed E-state index contributed by atoms with van der Waals surface area (Å²) in [4.78, 5) is 23.0. The zero-order chi connectivity index (χ0) is 15.1. The van der Waals surface area contributed by atoms with Crippen LogP contribution in [-0.4, -0.2) is 43.0 Å². The zero-order valence-corrected chi connectivity index (χ0v) is 12.4. The third kappa shape index (κ3) is 6.42. The molecule has 112 valence electrons. The van der Waals surface area contributed by atoms with Crippen LogP contribution in [0.4, 0.5) is 4.79 Å². The summed E-state index contributed by atoms with van der Waals surface area (Å²) in [5.41, 5.74) is -1.62. The maximum Gasteiger partial charge on any atom is 0.407 e. The van der Waals surface area contributed by atoms with Gasteiger partial charge in [-0.25, -0.2) is 4.79 Å². The quantitative estimate of drug-likeness (QED) is 0.742. The van der Waals surface area contributed by atoms with Gasteiger partial charge in [0, 0.05) is 20.3 Å². The molecule has 1 amide bonds. The number of carbonyl (C=O) groups excluding carboxylic acids is 1. The first-order chi connectivity index (χ1) is 8.67. The number of hydrogen-bond donors (Lipinski definition) is 2. The van der Waals surface area contributed by atoms with E-state index in [9.17, 15) is 14.7 Å². The molecule has 0 fully saturated rings. The number of alkyl carbamates (subject to hydrolysis) is 1. The highest BCUT2D eigenvalue weighted by molar-refractivity contribution is 5.76. The highest BCUT2D eigenvalue weighted by atomic mass is 16.6. The molecule has 0 rings (SSSR count). The first-order valence-electron chi connectivity index (χ1n) is 6.36. The van der Waals surface area contributed by atoms with E-state index < -0.39 is 23.1 Å². The highest BCUT2D eigenvalue weighted by Gasteiger charge is 2.37. The molecule has 1 atom stereocenters. The Morgan fingerprint density at radius 2 is 1.84 bits per heavy atom. The van der Waals surface area contributed by atoms with Crippen molar-refractivity contribution >= 4 is 12.1 Å². The van der Waals surface area contributed by atoms with Crippen LogP contribution in [0.2, 0.25) is 0 Å². The van der Waals surface area contributed by atoms with E-state index in [1.165, 1.54) is 7.11 Å². The van der Waals surface area contributed by atoms with E-state index in [0.29, 0.717) is 19.4 Å². The zero-order valence-electron chi connectivity index (χ0n) is 12.4. The van der Waals surface area contributed by atoms with E-state index in [2.05, 4.69) is 5.32 Å². The van der Waals surface area contributed by atoms with Crippen molar-refractivity contribution in [2.45, 2.75) is 46.1 Å². The van der Waals surface area contributed by atoms with Gasteiger partial charge >= 0.3 is 12.1 Å². The number of methoxy groups -OCH3 is 1. The monoisotopic (exact) mass is 275 g/mol. The Balaban J connectivity index is 4.57. The predicted octanol–water partition coefficient (Wildman–Crippen LogP) is 2.03. The van der Waals surface area contributed by atoms with Gasteiger partial charge in [-0.05, 0) is 33.6 Å². The van der Waals surface area contributed by atoms with Crippen molar-refractivity contribution in [3.63, 3.8) is 0 Å². The lowest BCUT2D eigenvalue weighted by Gasteiger charge is -2.29. The third-order valence-electron chi connectivity index (χ3n) is 2.89. The number of carboxylic acid groups (broad SMARTS) is 1. The largest absolute Gasteiger partial charge is 0.481 e. The minimum absolute atomic E-state index is 0.0249. The average molecular weight is 275 g/mol. The Morgan fingerprint density at radius 1 is 1.26 bits per heavy atom. The lowest BCUT2D eigenvalue weighted by atomic mass is 9.82. The molecule has 0 aromatic heterocycles. The highest BCUT2D eigenvalue weighted by Crippen LogP contribution is 2.26. The van der Waals surface area contributed by atoms with Gasteiger partial charge < -0.3 is 19.9 Å². The molecule has 0 aliphatic heterocycles. The summed E-state index contributed by atoms with van der Waals surface area (Å²) in [5, 5.41) is 11.9. The smallest absolute Gasteiger partial charge is 0.407 e. The number of aliphatic carboxylic acids is 1. The third-order valence-corrected chi connectivity index (χ3v) is 2.89. The number of hydrogen-bond acceptors (Lipinski definition) is 4. The summed E-state index contributed by atoms with van der Waals surface area (Å²) < 4.78 is 10.0. The second-order valence-corrected chi connectivity index (χ2v) is 5.54. The molecule has 0 spiro atoms. The van der Waals surface area contributed by atoms with Crippen molar-refractivity contribution in [2.24, 2.45) is 5.41 Å². The standard InChI is InChI=1S/C13H25NO5/c1-6-13(10(15)16,7-8-18-5)9-14-11(17)19-12(2,3)4/h6-9H2,1-5H3,(H,14,17)(H,15,16). The number of carbonyl (C=O) groups is 2. The molecule has 0 aliphatic rings. The molecular formula is C13H25NO5. The SMILES string of the molecule is CCC(CCOC)(CNC(=O)OC(C)(C)C)C(=O)O. The normalized spacial score (nSPS) is 14.6. The molecule has 6 heteroatoms. The van der Waals surface area contributed by atoms with Gasteiger partial charge in [0.25, 0.3) is 0 Å². The second kappa shape index (κ2) is 7.33. The van der Waals surface area contributed by atoms with Gasteiger partial charge in [0.15, 0.2) is 0 Å². The maximum absolute atomic E-state index is 11.6. The molecule has 0 aromatic rings. The summed E-state index contributed by atoms with van der Waals surface area (Å²) in [6.45, 7) is 7.39. The molecule has 1 unspecified atom stereocenters. The summed E-state index contributed by atoms with van der Waals surface area (Å²) in [6.07, 6.45) is 0.135.